The lowest BCUT2D eigenvalue weighted by molar-refractivity contribution is -0.136. The first-order valence-electron chi connectivity index (χ1n) is 15.9. The van der Waals surface area contributed by atoms with Gasteiger partial charge in [-0.15, -0.1) is 0 Å². The third-order valence-electron chi connectivity index (χ3n) is 10.3. The van der Waals surface area contributed by atoms with E-state index in [9.17, 15) is 14.4 Å². The number of rotatable bonds is 8. The summed E-state index contributed by atoms with van der Waals surface area (Å²) < 4.78 is 12.9. The van der Waals surface area contributed by atoms with Crippen molar-refractivity contribution < 1.29 is 23.5 Å². The molecule has 7 rings (SSSR count). The molecular weight excluding hydrogens is 542 g/mol. The van der Waals surface area contributed by atoms with E-state index in [4.69, 9.17) is 9.15 Å². The van der Waals surface area contributed by atoms with Gasteiger partial charge in [0.25, 0.3) is 5.91 Å². The van der Waals surface area contributed by atoms with Gasteiger partial charge in [-0.05, 0) is 98.6 Å². The molecule has 2 aliphatic heterocycles. The Morgan fingerprint density at radius 3 is 2.65 bits per heavy atom. The molecule has 2 aromatic carbocycles. The van der Waals surface area contributed by atoms with E-state index in [-0.39, 0.29) is 23.8 Å². The lowest BCUT2D eigenvalue weighted by Crippen LogP contribution is -2.52. The fourth-order valence-electron chi connectivity index (χ4n) is 8.37. The van der Waals surface area contributed by atoms with Crippen LogP contribution in [0.2, 0.25) is 0 Å². The highest BCUT2D eigenvalue weighted by molar-refractivity contribution is 6.06. The monoisotopic (exact) mass is 583 g/mol. The first-order valence-corrected chi connectivity index (χ1v) is 15.9. The van der Waals surface area contributed by atoms with Crippen LogP contribution in [0.3, 0.4) is 0 Å². The van der Waals surface area contributed by atoms with Crippen molar-refractivity contribution in [3.05, 3.63) is 64.9 Å². The fourth-order valence-corrected chi connectivity index (χ4v) is 8.37. The molecule has 8 nitrogen and oxygen atoms in total. The minimum Gasteiger partial charge on any atom is -0.459 e. The second-order valence-corrected chi connectivity index (χ2v) is 13.4. The number of furan rings is 1. The Morgan fingerprint density at radius 1 is 1.07 bits per heavy atom. The van der Waals surface area contributed by atoms with Crippen molar-refractivity contribution in [1.29, 1.82) is 0 Å². The molecule has 1 saturated heterocycles. The summed E-state index contributed by atoms with van der Waals surface area (Å²) in [5.41, 5.74) is 4.29. The number of amides is 3. The van der Waals surface area contributed by atoms with Gasteiger partial charge in [0.05, 0.1) is 18.8 Å². The molecule has 0 spiro atoms. The van der Waals surface area contributed by atoms with Crippen LogP contribution in [0.4, 0.5) is 5.69 Å². The molecule has 43 heavy (non-hydrogen) atoms. The summed E-state index contributed by atoms with van der Waals surface area (Å²) in [6.45, 7) is 6.10. The Balaban J connectivity index is 1.01. The van der Waals surface area contributed by atoms with Crippen LogP contribution in [-0.4, -0.2) is 34.3 Å². The molecule has 2 aliphatic carbocycles. The quantitative estimate of drug-likeness (QED) is 0.301. The maximum Gasteiger partial charge on any atom is 0.255 e. The van der Waals surface area contributed by atoms with E-state index in [2.05, 4.69) is 42.7 Å². The van der Waals surface area contributed by atoms with Gasteiger partial charge in [-0.25, -0.2) is 0 Å². The van der Waals surface area contributed by atoms with Crippen molar-refractivity contribution in [2.45, 2.75) is 96.6 Å². The molecule has 1 aromatic heterocycles. The van der Waals surface area contributed by atoms with E-state index in [0.29, 0.717) is 31.7 Å². The number of hydrogen-bond donors (Lipinski definition) is 2. The average molecular weight is 584 g/mol. The summed E-state index contributed by atoms with van der Waals surface area (Å²) in [5.74, 6) is 2.39. The summed E-state index contributed by atoms with van der Waals surface area (Å²) in [6, 6.07) is 13.3. The van der Waals surface area contributed by atoms with Crippen molar-refractivity contribution in [2.75, 3.05) is 5.32 Å². The average Bonchev–Trinajstić information content (AvgIpc) is 3.55. The Hall–Kier alpha value is -3.65. The Kier molecular flexibility index (Phi) is 7.28. The van der Waals surface area contributed by atoms with Gasteiger partial charge in [0.2, 0.25) is 11.8 Å². The zero-order valence-corrected chi connectivity index (χ0v) is 25.1. The Labute approximate surface area is 252 Å². The van der Waals surface area contributed by atoms with E-state index in [1.807, 2.05) is 18.2 Å². The van der Waals surface area contributed by atoms with Crippen LogP contribution in [-0.2, 0) is 34.0 Å². The number of anilines is 1. The molecule has 226 valence electrons. The normalized spacial score (nSPS) is 28.7. The van der Waals surface area contributed by atoms with Crippen LogP contribution in [0.25, 0.3) is 11.0 Å². The Bertz CT molecular complexity index is 1560. The predicted octanol–water partition coefficient (Wildman–Crippen LogP) is 6.32. The lowest BCUT2D eigenvalue weighted by atomic mass is 9.62. The maximum absolute atomic E-state index is 13.2. The summed E-state index contributed by atoms with van der Waals surface area (Å²) in [6.07, 6.45) is 8.10. The van der Waals surface area contributed by atoms with Gasteiger partial charge < -0.3 is 19.4 Å². The zero-order valence-electron chi connectivity index (χ0n) is 25.1. The van der Waals surface area contributed by atoms with Gasteiger partial charge in [0, 0.05) is 35.2 Å². The largest absolute Gasteiger partial charge is 0.459 e. The van der Waals surface area contributed by atoms with Crippen molar-refractivity contribution >= 4 is 34.4 Å². The van der Waals surface area contributed by atoms with Crippen LogP contribution in [0, 0.1) is 17.8 Å². The minimum absolute atomic E-state index is 0.000720. The van der Waals surface area contributed by atoms with E-state index >= 15 is 0 Å². The van der Waals surface area contributed by atoms with Gasteiger partial charge in [-0.2, -0.15) is 0 Å². The van der Waals surface area contributed by atoms with Gasteiger partial charge in [0.15, 0.2) is 0 Å². The molecule has 3 fully saturated rings. The number of piperidine rings is 1. The maximum atomic E-state index is 13.2. The summed E-state index contributed by atoms with van der Waals surface area (Å²) in [5, 5.41) is 6.86. The highest BCUT2D eigenvalue weighted by Crippen LogP contribution is 2.49. The van der Waals surface area contributed by atoms with Crippen molar-refractivity contribution in [3.63, 3.8) is 0 Å². The lowest BCUT2D eigenvalue weighted by Gasteiger charge is -2.48. The van der Waals surface area contributed by atoms with E-state index in [1.54, 1.807) is 11.0 Å². The van der Waals surface area contributed by atoms with Gasteiger partial charge in [0.1, 0.15) is 17.4 Å². The third kappa shape index (κ3) is 5.46. The number of imide groups is 1. The molecule has 2 bridgehead atoms. The van der Waals surface area contributed by atoms with Crippen molar-refractivity contribution in [3.8, 4) is 0 Å². The smallest absolute Gasteiger partial charge is 0.255 e. The van der Waals surface area contributed by atoms with Crippen molar-refractivity contribution in [1.82, 2.24) is 10.2 Å². The Morgan fingerprint density at radius 2 is 1.88 bits per heavy atom. The second-order valence-electron chi connectivity index (χ2n) is 13.4. The second kappa shape index (κ2) is 11.1. The molecule has 3 unspecified atom stereocenters. The molecule has 3 atom stereocenters. The molecule has 2 saturated carbocycles. The van der Waals surface area contributed by atoms with Crippen LogP contribution in [0.1, 0.15) is 92.5 Å². The van der Waals surface area contributed by atoms with Gasteiger partial charge >= 0.3 is 0 Å². The summed E-state index contributed by atoms with van der Waals surface area (Å²) in [4.78, 5) is 38.8. The van der Waals surface area contributed by atoms with Crippen LogP contribution in [0.5, 0.6) is 0 Å². The standard InChI is InChI=1S/C35H41N3O5/c1-3-35(16-23-11-21(2)12-24(13-23)17-35)42-20-22-7-9-31-25(14-22)15-26(43-31)18-36-29-6-4-5-27-28(29)19-38(34(27)41)30-8-10-32(39)37-33(30)40/h4-7,9,14-15,21,23-24,30,36H,3,8,10-13,16-20H2,1-2H3,(H,37,39,40). The number of carbonyl (C=O) groups is 3. The number of hydrogen-bond acceptors (Lipinski definition) is 6. The van der Waals surface area contributed by atoms with Crippen LogP contribution in [0.15, 0.2) is 46.9 Å². The van der Waals surface area contributed by atoms with Crippen LogP contribution < -0.4 is 10.6 Å². The SMILES string of the molecule is CCC1(OCc2ccc3oc(CNc4cccc5c4CN(C4CCC(=O)NC4=O)C5=O)cc3c2)CC2CC(C)CC(C2)C1. The summed E-state index contributed by atoms with van der Waals surface area (Å²) in [7, 11) is 0. The van der Waals surface area contributed by atoms with E-state index in [0.717, 1.165) is 57.7 Å². The van der Waals surface area contributed by atoms with Gasteiger partial charge in [-0.1, -0.05) is 26.0 Å². The van der Waals surface area contributed by atoms with Crippen molar-refractivity contribution in [2.24, 2.45) is 17.8 Å². The third-order valence-corrected chi connectivity index (χ3v) is 10.3. The first kappa shape index (κ1) is 28.1. The van der Waals surface area contributed by atoms with Gasteiger partial charge in [-0.3, -0.25) is 19.7 Å². The number of carbonyl (C=O) groups excluding carboxylic acids is 3. The zero-order chi connectivity index (χ0) is 29.7. The molecule has 8 heteroatoms. The highest BCUT2D eigenvalue weighted by Gasteiger charge is 2.43. The highest BCUT2D eigenvalue weighted by atomic mass is 16.5. The number of fused-ring (bicyclic) bond motifs is 4. The molecular formula is C35H41N3O5. The molecule has 3 amide bonds. The van der Waals surface area contributed by atoms with E-state index < -0.39 is 11.9 Å². The fraction of sp³-hybridized carbons (Fsp3) is 0.514. The topological polar surface area (TPSA) is 101 Å². The van der Waals surface area contributed by atoms with E-state index in [1.165, 1.54) is 32.1 Å². The number of nitrogens with one attached hydrogen (secondary N) is 2. The predicted molar refractivity (Wildman–Crippen MR) is 163 cm³/mol. The number of nitrogens with zero attached hydrogens (tertiary/aromatic N) is 1. The number of ether oxygens (including phenoxy) is 1. The number of benzene rings is 2. The molecule has 2 N–H and O–H groups in total. The molecule has 4 aliphatic rings. The molecule has 0 radical (unpaired) electrons. The summed E-state index contributed by atoms with van der Waals surface area (Å²) >= 11 is 0. The van der Waals surface area contributed by atoms with Crippen LogP contribution >= 0.6 is 0 Å². The minimum atomic E-state index is -0.632. The first-order chi connectivity index (χ1) is 20.8. The molecule has 3 aromatic rings. The molecule has 3 heterocycles.